The summed E-state index contributed by atoms with van der Waals surface area (Å²) in [5.74, 6) is 0. The highest BCUT2D eigenvalue weighted by Gasteiger charge is 1.98. The van der Waals surface area contributed by atoms with E-state index in [9.17, 15) is 0 Å². The molecule has 0 unspecified atom stereocenters. The van der Waals surface area contributed by atoms with Crippen molar-refractivity contribution in [2.45, 2.75) is 13.1 Å². The maximum Gasteiger partial charge on any atom is 0.0312 e. The second kappa shape index (κ2) is 8.32. The minimum Gasteiger partial charge on any atom is -0.309 e. The number of hydrogen-bond acceptors (Lipinski definition) is 2. The zero-order valence-electron chi connectivity index (χ0n) is 12.3. The van der Waals surface area contributed by atoms with Gasteiger partial charge in [-0.25, -0.2) is 0 Å². The lowest BCUT2D eigenvalue weighted by atomic mass is 10.0. The van der Waals surface area contributed by atoms with Crippen LogP contribution in [0.5, 0.6) is 0 Å². The lowest BCUT2D eigenvalue weighted by Gasteiger charge is -2.06. The van der Waals surface area contributed by atoms with E-state index in [0.29, 0.717) is 0 Å². The lowest BCUT2D eigenvalue weighted by Crippen LogP contribution is -2.12. The number of nitrogens with zero attached hydrogens (tertiary/aromatic N) is 1. The predicted molar refractivity (Wildman–Crippen MR) is 93.9 cm³/mol. The summed E-state index contributed by atoms with van der Waals surface area (Å²) in [5, 5.41) is 3.44. The van der Waals surface area contributed by atoms with Crippen LogP contribution in [0.1, 0.15) is 11.1 Å². The molecule has 3 heteroatoms. The highest BCUT2D eigenvalue weighted by molar-refractivity contribution is 5.85. The Kier molecular flexibility index (Phi) is 6.13. The summed E-state index contributed by atoms with van der Waals surface area (Å²) in [6.07, 6.45) is 3.69. The van der Waals surface area contributed by atoms with Gasteiger partial charge in [0.1, 0.15) is 0 Å². The van der Waals surface area contributed by atoms with Crippen LogP contribution in [-0.2, 0) is 13.1 Å². The van der Waals surface area contributed by atoms with Gasteiger partial charge in [0.2, 0.25) is 0 Å². The van der Waals surface area contributed by atoms with Crippen LogP contribution in [0.4, 0.5) is 0 Å². The van der Waals surface area contributed by atoms with E-state index in [2.05, 4.69) is 64.9 Å². The molecule has 0 aliphatic carbocycles. The molecule has 0 amide bonds. The largest absolute Gasteiger partial charge is 0.309 e. The van der Waals surface area contributed by atoms with Crippen LogP contribution in [-0.4, -0.2) is 4.98 Å². The van der Waals surface area contributed by atoms with E-state index in [1.54, 1.807) is 6.20 Å². The summed E-state index contributed by atoms with van der Waals surface area (Å²) in [6.45, 7) is 1.71. The molecule has 0 aliphatic rings. The van der Waals surface area contributed by atoms with Gasteiger partial charge in [-0.3, -0.25) is 4.98 Å². The fourth-order valence-corrected chi connectivity index (χ4v) is 2.30. The molecular formula is C19H19ClN2. The molecule has 0 spiro atoms. The molecule has 1 aromatic heterocycles. The van der Waals surface area contributed by atoms with E-state index >= 15 is 0 Å². The third-order valence-electron chi connectivity index (χ3n) is 3.44. The van der Waals surface area contributed by atoms with Gasteiger partial charge >= 0.3 is 0 Å². The zero-order chi connectivity index (χ0) is 14.3. The van der Waals surface area contributed by atoms with E-state index in [1.807, 2.05) is 18.3 Å². The molecule has 3 aromatic rings. The number of aromatic nitrogens is 1. The summed E-state index contributed by atoms with van der Waals surface area (Å²) in [4.78, 5) is 4.12. The first-order valence-corrected chi connectivity index (χ1v) is 7.16. The van der Waals surface area contributed by atoms with Crippen molar-refractivity contribution in [2.24, 2.45) is 0 Å². The van der Waals surface area contributed by atoms with Crippen molar-refractivity contribution in [1.29, 1.82) is 0 Å². The van der Waals surface area contributed by atoms with Gasteiger partial charge in [-0.15, -0.1) is 12.4 Å². The van der Waals surface area contributed by atoms with Crippen molar-refractivity contribution in [3.63, 3.8) is 0 Å². The van der Waals surface area contributed by atoms with Crippen LogP contribution in [0.15, 0.2) is 79.1 Å². The number of benzene rings is 2. The van der Waals surface area contributed by atoms with Gasteiger partial charge in [-0.05, 0) is 28.3 Å². The first-order valence-electron chi connectivity index (χ1n) is 7.16. The molecule has 1 heterocycles. The fourth-order valence-electron chi connectivity index (χ4n) is 2.30. The summed E-state index contributed by atoms with van der Waals surface area (Å²) < 4.78 is 0. The maximum atomic E-state index is 4.12. The van der Waals surface area contributed by atoms with Crippen LogP contribution in [0, 0.1) is 0 Å². The number of rotatable bonds is 5. The molecule has 112 valence electrons. The topological polar surface area (TPSA) is 24.9 Å². The van der Waals surface area contributed by atoms with E-state index in [0.717, 1.165) is 13.1 Å². The summed E-state index contributed by atoms with van der Waals surface area (Å²) in [6, 6.07) is 23.2. The van der Waals surface area contributed by atoms with E-state index in [-0.39, 0.29) is 12.4 Å². The van der Waals surface area contributed by atoms with Gasteiger partial charge < -0.3 is 5.32 Å². The van der Waals surface area contributed by atoms with E-state index in [1.165, 1.54) is 22.3 Å². The first-order chi connectivity index (χ1) is 10.4. The number of pyridine rings is 1. The van der Waals surface area contributed by atoms with Crippen LogP contribution in [0.2, 0.25) is 0 Å². The average Bonchev–Trinajstić information content (AvgIpc) is 2.57. The van der Waals surface area contributed by atoms with E-state index in [4.69, 9.17) is 0 Å². The molecule has 3 rings (SSSR count). The average molecular weight is 311 g/mol. The zero-order valence-corrected chi connectivity index (χ0v) is 13.1. The van der Waals surface area contributed by atoms with Crippen molar-refractivity contribution in [3.05, 3.63) is 90.3 Å². The van der Waals surface area contributed by atoms with E-state index < -0.39 is 0 Å². The first kappa shape index (κ1) is 16.2. The third kappa shape index (κ3) is 4.42. The van der Waals surface area contributed by atoms with Gasteiger partial charge in [-0.1, -0.05) is 60.7 Å². The standard InChI is InChI=1S/C19H18N2.ClH/c1-2-6-18(7-3-1)19-10-8-16(9-11-19)13-21-15-17-5-4-12-20-14-17;/h1-12,14,21H,13,15H2;1H. The Morgan fingerprint density at radius 2 is 1.36 bits per heavy atom. The molecule has 0 atom stereocenters. The van der Waals surface area contributed by atoms with Crippen LogP contribution in [0.25, 0.3) is 11.1 Å². The Balaban J connectivity index is 0.00000176. The highest BCUT2D eigenvalue weighted by atomic mass is 35.5. The fraction of sp³-hybridized carbons (Fsp3) is 0.105. The van der Waals surface area contributed by atoms with Crippen LogP contribution < -0.4 is 5.32 Å². The molecule has 2 aromatic carbocycles. The SMILES string of the molecule is Cl.c1ccc(-c2ccc(CNCc3cccnc3)cc2)cc1. The Hall–Kier alpha value is -2.16. The molecule has 0 radical (unpaired) electrons. The molecule has 2 nitrogen and oxygen atoms in total. The quantitative estimate of drug-likeness (QED) is 0.752. The van der Waals surface area contributed by atoms with Crippen molar-refractivity contribution in [3.8, 4) is 11.1 Å². The van der Waals surface area contributed by atoms with Crippen molar-refractivity contribution < 1.29 is 0 Å². The minimum atomic E-state index is 0. The smallest absolute Gasteiger partial charge is 0.0312 e. The maximum absolute atomic E-state index is 4.12. The predicted octanol–water partition coefficient (Wildman–Crippen LogP) is 4.46. The number of hydrogen-bond donors (Lipinski definition) is 1. The molecule has 0 saturated heterocycles. The Bertz CT molecular complexity index is 667. The minimum absolute atomic E-state index is 0. The normalized spacial score (nSPS) is 10.0. The molecule has 0 aliphatic heterocycles. The summed E-state index contributed by atoms with van der Waals surface area (Å²) in [7, 11) is 0. The third-order valence-corrected chi connectivity index (χ3v) is 3.44. The molecule has 0 bridgehead atoms. The van der Waals surface area contributed by atoms with Gasteiger partial charge in [-0.2, -0.15) is 0 Å². The lowest BCUT2D eigenvalue weighted by molar-refractivity contribution is 0.691. The van der Waals surface area contributed by atoms with Gasteiger partial charge in [0.05, 0.1) is 0 Å². The summed E-state index contributed by atoms with van der Waals surface area (Å²) in [5.41, 5.74) is 5.01. The summed E-state index contributed by atoms with van der Waals surface area (Å²) >= 11 is 0. The van der Waals surface area contributed by atoms with Crippen LogP contribution in [0.3, 0.4) is 0 Å². The molecule has 1 N–H and O–H groups in total. The molecule has 22 heavy (non-hydrogen) atoms. The Morgan fingerprint density at radius 3 is 2.05 bits per heavy atom. The van der Waals surface area contributed by atoms with Crippen molar-refractivity contribution >= 4 is 12.4 Å². The molecule has 0 saturated carbocycles. The van der Waals surface area contributed by atoms with Gasteiger partial charge in [0, 0.05) is 25.5 Å². The molecule has 0 fully saturated rings. The Labute approximate surface area is 137 Å². The monoisotopic (exact) mass is 310 g/mol. The van der Waals surface area contributed by atoms with Crippen LogP contribution >= 0.6 is 12.4 Å². The Morgan fingerprint density at radius 1 is 0.682 bits per heavy atom. The van der Waals surface area contributed by atoms with Crippen molar-refractivity contribution in [1.82, 2.24) is 10.3 Å². The number of nitrogens with one attached hydrogen (secondary N) is 1. The molecular weight excluding hydrogens is 292 g/mol. The van der Waals surface area contributed by atoms with Crippen molar-refractivity contribution in [2.75, 3.05) is 0 Å². The van der Waals surface area contributed by atoms with Gasteiger partial charge in [0.15, 0.2) is 0 Å². The second-order valence-electron chi connectivity index (χ2n) is 5.03. The van der Waals surface area contributed by atoms with Gasteiger partial charge in [0.25, 0.3) is 0 Å². The number of halogens is 1. The second-order valence-corrected chi connectivity index (χ2v) is 5.03. The highest BCUT2D eigenvalue weighted by Crippen LogP contribution is 2.19.